The Balaban J connectivity index is 2.99. The molecule has 18 heavy (non-hydrogen) atoms. The van der Waals surface area contributed by atoms with Crippen molar-refractivity contribution in [3.63, 3.8) is 0 Å². The fourth-order valence-corrected chi connectivity index (χ4v) is 1.74. The van der Waals surface area contributed by atoms with Gasteiger partial charge in [0.05, 0.1) is 0 Å². The van der Waals surface area contributed by atoms with Crippen LogP contribution in [0.2, 0.25) is 0 Å². The summed E-state index contributed by atoms with van der Waals surface area (Å²) in [4.78, 5) is 21.0. The van der Waals surface area contributed by atoms with Gasteiger partial charge in [0.1, 0.15) is 11.6 Å². The summed E-state index contributed by atoms with van der Waals surface area (Å²) >= 11 is 0. The maximum atomic E-state index is 11.6. The lowest BCUT2D eigenvalue weighted by Crippen LogP contribution is -2.32. The van der Waals surface area contributed by atoms with Gasteiger partial charge in [-0.1, -0.05) is 27.2 Å². The number of nitrogens with one attached hydrogen (secondary N) is 1. The second-order valence-corrected chi connectivity index (χ2v) is 4.77. The smallest absolute Gasteiger partial charge is 0.252 e. The Kier molecular flexibility index (Phi) is 5.85. The Morgan fingerprint density at radius 1 is 1.44 bits per heavy atom. The molecular formula is C13H24N4O. The van der Waals surface area contributed by atoms with Gasteiger partial charge in [-0.3, -0.25) is 4.79 Å². The van der Waals surface area contributed by atoms with Crippen molar-refractivity contribution in [2.24, 2.45) is 5.73 Å². The van der Waals surface area contributed by atoms with Crippen molar-refractivity contribution in [2.75, 3.05) is 24.5 Å². The summed E-state index contributed by atoms with van der Waals surface area (Å²) in [7, 11) is 0. The van der Waals surface area contributed by atoms with Crippen LogP contribution < -0.4 is 16.2 Å². The molecule has 1 rings (SSSR count). The molecule has 1 aromatic heterocycles. The fraction of sp³-hybridized carbons (Fsp3) is 0.692. The molecule has 0 saturated heterocycles. The Hall–Kier alpha value is -1.36. The lowest BCUT2D eigenvalue weighted by atomic mass is 10.2. The van der Waals surface area contributed by atoms with Gasteiger partial charge in [-0.2, -0.15) is 0 Å². The van der Waals surface area contributed by atoms with E-state index in [1.54, 1.807) is 6.07 Å². The topological polar surface area (TPSA) is 75.0 Å². The first-order valence-corrected chi connectivity index (χ1v) is 6.64. The summed E-state index contributed by atoms with van der Waals surface area (Å²) in [6, 6.07) is 1.55. The number of unbranched alkanes of at least 4 members (excludes halogenated alkanes) is 1. The maximum absolute atomic E-state index is 11.6. The van der Waals surface area contributed by atoms with E-state index < -0.39 is 0 Å². The van der Waals surface area contributed by atoms with Crippen LogP contribution in [0.4, 0.5) is 5.82 Å². The van der Waals surface area contributed by atoms with Gasteiger partial charge in [-0.25, -0.2) is 4.98 Å². The lowest BCUT2D eigenvalue weighted by molar-refractivity contribution is 0.693. The van der Waals surface area contributed by atoms with Crippen LogP contribution in [0.3, 0.4) is 0 Å². The summed E-state index contributed by atoms with van der Waals surface area (Å²) in [6.45, 7) is 8.36. The molecule has 3 N–H and O–H groups in total. The van der Waals surface area contributed by atoms with Crippen molar-refractivity contribution in [1.82, 2.24) is 9.97 Å². The second kappa shape index (κ2) is 7.16. The third-order valence-corrected chi connectivity index (χ3v) is 2.80. The van der Waals surface area contributed by atoms with E-state index in [-0.39, 0.29) is 11.5 Å². The molecule has 0 aromatic carbocycles. The van der Waals surface area contributed by atoms with Crippen LogP contribution in [-0.4, -0.2) is 29.6 Å². The van der Waals surface area contributed by atoms with E-state index in [0.717, 1.165) is 37.6 Å². The highest BCUT2D eigenvalue weighted by atomic mass is 16.1. The molecule has 0 atom stereocenters. The molecule has 0 aliphatic heterocycles. The average molecular weight is 252 g/mol. The van der Waals surface area contributed by atoms with Crippen molar-refractivity contribution in [1.29, 1.82) is 0 Å². The number of H-pyrrole nitrogens is 1. The normalized spacial score (nSPS) is 10.9. The fourth-order valence-electron chi connectivity index (χ4n) is 1.74. The number of hydrogen-bond donors (Lipinski definition) is 2. The van der Waals surface area contributed by atoms with E-state index in [1.165, 1.54) is 0 Å². The summed E-state index contributed by atoms with van der Waals surface area (Å²) in [5.74, 6) is 1.68. The summed E-state index contributed by atoms with van der Waals surface area (Å²) < 4.78 is 0. The minimum Gasteiger partial charge on any atom is -0.355 e. The SMILES string of the molecule is CCCCN(CCN)c1cc(=O)[nH]c(C(C)C)n1. The zero-order chi connectivity index (χ0) is 13.5. The summed E-state index contributed by atoms with van der Waals surface area (Å²) in [6.07, 6.45) is 2.19. The zero-order valence-corrected chi connectivity index (χ0v) is 11.6. The lowest BCUT2D eigenvalue weighted by Gasteiger charge is -2.23. The minimum absolute atomic E-state index is 0.0952. The summed E-state index contributed by atoms with van der Waals surface area (Å²) in [5.41, 5.74) is 5.52. The van der Waals surface area contributed by atoms with Gasteiger partial charge in [0.25, 0.3) is 5.56 Å². The number of nitrogens with two attached hydrogens (primary N) is 1. The molecule has 0 radical (unpaired) electrons. The van der Waals surface area contributed by atoms with Crippen LogP contribution in [-0.2, 0) is 0 Å². The number of hydrogen-bond acceptors (Lipinski definition) is 4. The Morgan fingerprint density at radius 3 is 2.72 bits per heavy atom. The van der Waals surface area contributed by atoms with Crippen LogP contribution in [0.15, 0.2) is 10.9 Å². The molecule has 0 saturated carbocycles. The van der Waals surface area contributed by atoms with Crippen LogP contribution >= 0.6 is 0 Å². The largest absolute Gasteiger partial charge is 0.355 e. The first-order valence-electron chi connectivity index (χ1n) is 6.64. The molecule has 1 aromatic rings. The molecule has 0 amide bonds. The highest BCUT2D eigenvalue weighted by Crippen LogP contribution is 2.13. The third-order valence-electron chi connectivity index (χ3n) is 2.80. The van der Waals surface area contributed by atoms with Gasteiger partial charge in [-0.05, 0) is 6.42 Å². The van der Waals surface area contributed by atoms with E-state index in [1.807, 2.05) is 13.8 Å². The van der Waals surface area contributed by atoms with Crippen molar-refractivity contribution in [3.05, 3.63) is 22.2 Å². The minimum atomic E-state index is -0.0952. The molecule has 0 bridgehead atoms. The number of rotatable bonds is 7. The Morgan fingerprint density at radius 2 is 2.17 bits per heavy atom. The summed E-state index contributed by atoms with van der Waals surface area (Å²) in [5, 5.41) is 0. The van der Waals surface area contributed by atoms with Crippen molar-refractivity contribution in [3.8, 4) is 0 Å². The second-order valence-electron chi connectivity index (χ2n) is 4.77. The molecule has 5 nitrogen and oxygen atoms in total. The monoisotopic (exact) mass is 252 g/mol. The van der Waals surface area contributed by atoms with Gasteiger partial charge in [0.15, 0.2) is 0 Å². The van der Waals surface area contributed by atoms with E-state index in [9.17, 15) is 4.79 Å². The van der Waals surface area contributed by atoms with E-state index in [4.69, 9.17) is 5.73 Å². The van der Waals surface area contributed by atoms with Crippen molar-refractivity contribution < 1.29 is 0 Å². The average Bonchev–Trinajstić information content (AvgIpc) is 2.33. The number of aromatic amines is 1. The number of aromatic nitrogens is 2. The highest BCUT2D eigenvalue weighted by Gasteiger charge is 2.10. The number of nitrogens with zero attached hydrogens (tertiary/aromatic N) is 2. The number of anilines is 1. The maximum Gasteiger partial charge on any atom is 0.252 e. The molecule has 1 heterocycles. The van der Waals surface area contributed by atoms with E-state index in [2.05, 4.69) is 21.8 Å². The van der Waals surface area contributed by atoms with Gasteiger partial charge in [0.2, 0.25) is 0 Å². The predicted molar refractivity (Wildman–Crippen MR) is 75.1 cm³/mol. The van der Waals surface area contributed by atoms with Gasteiger partial charge < -0.3 is 15.6 Å². The Bertz CT molecular complexity index is 414. The van der Waals surface area contributed by atoms with Crippen molar-refractivity contribution in [2.45, 2.75) is 39.5 Å². The molecule has 0 aliphatic rings. The van der Waals surface area contributed by atoms with Crippen LogP contribution in [0.1, 0.15) is 45.4 Å². The van der Waals surface area contributed by atoms with Gasteiger partial charge in [-0.15, -0.1) is 0 Å². The van der Waals surface area contributed by atoms with E-state index in [0.29, 0.717) is 6.54 Å². The molecule has 0 spiro atoms. The zero-order valence-electron chi connectivity index (χ0n) is 11.6. The van der Waals surface area contributed by atoms with Gasteiger partial charge in [0, 0.05) is 31.6 Å². The molecule has 5 heteroatoms. The third kappa shape index (κ3) is 4.14. The van der Waals surface area contributed by atoms with Crippen LogP contribution in [0.25, 0.3) is 0 Å². The molecule has 0 unspecified atom stereocenters. The van der Waals surface area contributed by atoms with Crippen LogP contribution in [0.5, 0.6) is 0 Å². The molecule has 102 valence electrons. The highest BCUT2D eigenvalue weighted by molar-refractivity contribution is 5.37. The van der Waals surface area contributed by atoms with Gasteiger partial charge >= 0.3 is 0 Å². The first kappa shape index (κ1) is 14.7. The van der Waals surface area contributed by atoms with Crippen molar-refractivity contribution >= 4 is 5.82 Å². The van der Waals surface area contributed by atoms with E-state index >= 15 is 0 Å². The first-order chi connectivity index (χ1) is 8.58. The quantitative estimate of drug-likeness (QED) is 0.770. The molecule has 0 aliphatic carbocycles. The molecule has 0 fully saturated rings. The molecular weight excluding hydrogens is 228 g/mol. The Labute approximate surface area is 108 Å². The predicted octanol–water partition coefficient (Wildman–Crippen LogP) is 1.46. The standard InChI is InChI=1S/C13H24N4O/c1-4-5-7-17(8-6-14)11-9-12(18)16-13(15-11)10(2)3/h9-10H,4-8,14H2,1-3H3,(H,15,16,18). The van der Waals surface area contributed by atoms with Crippen LogP contribution in [0, 0.1) is 0 Å².